The number of aromatic nitrogens is 2. The largest absolute Gasteiger partial charge is 0.457 e. The van der Waals surface area contributed by atoms with E-state index in [0.717, 1.165) is 87.0 Å². The normalized spacial score (nSPS) is 19.3. The molecule has 0 unspecified atom stereocenters. The van der Waals surface area contributed by atoms with Gasteiger partial charge >= 0.3 is 0 Å². The predicted octanol–water partition coefficient (Wildman–Crippen LogP) is 3.75. The van der Waals surface area contributed by atoms with Gasteiger partial charge in [-0.2, -0.15) is 0 Å². The number of hydrogen-bond donors (Lipinski definition) is 0. The minimum Gasteiger partial charge on any atom is -0.457 e. The second-order valence-electron chi connectivity index (χ2n) is 10.5. The summed E-state index contributed by atoms with van der Waals surface area (Å²) >= 11 is 0. The monoisotopic (exact) mass is 512 g/mol. The molecule has 2 saturated heterocycles. The number of ether oxygens (including phenoxy) is 1. The highest BCUT2D eigenvalue weighted by molar-refractivity contribution is 5.78. The summed E-state index contributed by atoms with van der Waals surface area (Å²) in [4.78, 5) is 31.4. The highest BCUT2D eigenvalue weighted by atomic mass is 16.5. The maximum atomic E-state index is 12.9. The van der Waals surface area contributed by atoms with E-state index in [-0.39, 0.29) is 5.91 Å². The maximum Gasteiger partial charge on any atom is 0.236 e. The van der Waals surface area contributed by atoms with Crippen molar-refractivity contribution in [3.63, 3.8) is 0 Å². The lowest BCUT2D eigenvalue weighted by molar-refractivity contribution is -0.134. The molecule has 2 aliphatic heterocycles. The standard InChI is InChI=1S/C30H36N6O2/c37-30(36-19-17-34(18-20-36)25-5-4-6-25)23-33-13-15-35(16-14-33)29-22-31-28(21-32-29)24-9-11-27(12-10-24)38-26-7-2-1-3-8-26/h1-3,7-12,21-22,25H,4-6,13-20,23H2. The molecule has 1 aliphatic carbocycles. The summed E-state index contributed by atoms with van der Waals surface area (Å²) in [5.41, 5.74) is 1.84. The number of nitrogens with zero attached hydrogens (tertiary/aromatic N) is 6. The van der Waals surface area contributed by atoms with Crippen molar-refractivity contribution in [2.45, 2.75) is 25.3 Å². The fourth-order valence-corrected chi connectivity index (χ4v) is 5.47. The van der Waals surface area contributed by atoms with Gasteiger partial charge in [-0.05, 0) is 49.2 Å². The maximum absolute atomic E-state index is 12.9. The van der Waals surface area contributed by atoms with E-state index >= 15 is 0 Å². The lowest BCUT2D eigenvalue weighted by Crippen LogP contribution is -2.56. The molecule has 0 atom stereocenters. The Labute approximate surface area is 224 Å². The van der Waals surface area contributed by atoms with E-state index in [4.69, 9.17) is 9.72 Å². The van der Waals surface area contributed by atoms with Gasteiger partial charge in [-0.1, -0.05) is 24.6 Å². The van der Waals surface area contributed by atoms with E-state index < -0.39 is 0 Å². The number of para-hydroxylation sites is 1. The zero-order valence-corrected chi connectivity index (χ0v) is 21.9. The second-order valence-corrected chi connectivity index (χ2v) is 10.5. The topological polar surface area (TPSA) is 65.0 Å². The van der Waals surface area contributed by atoms with Crippen LogP contribution >= 0.6 is 0 Å². The third-order valence-corrected chi connectivity index (χ3v) is 8.08. The SMILES string of the molecule is O=C(CN1CCN(c2cnc(-c3ccc(Oc4ccccc4)cc3)cn2)CC1)N1CCN(C2CCC2)CC1. The molecule has 3 heterocycles. The van der Waals surface area contributed by atoms with E-state index in [1.165, 1.54) is 19.3 Å². The van der Waals surface area contributed by atoms with Gasteiger partial charge in [0, 0.05) is 64.0 Å². The van der Waals surface area contributed by atoms with Crippen LogP contribution in [0.3, 0.4) is 0 Å². The van der Waals surface area contributed by atoms with E-state index in [1.54, 1.807) is 0 Å². The molecule has 38 heavy (non-hydrogen) atoms. The van der Waals surface area contributed by atoms with Crippen LogP contribution in [0.4, 0.5) is 5.82 Å². The zero-order chi connectivity index (χ0) is 25.7. The molecule has 198 valence electrons. The van der Waals surface area contributed by atoms with Crippen molar-refractivity contribution in [2.75, 3.05) is 63.8 Å². The van der Waals surface area contributed by atoms with E-state index in [0.29, 0.717) is 6.54 Å². The molecular weight excluding hydrogens is 476 g/mol. The second kappa shape index (κ2) is 11.5. The fourth-order valence-electron chi connectivity index (χ4n) is 5.47. The smallest absolute Gasteiger partial charge is 0.236 e. The van der Waals surface area contributed by atoms with Gasteiger partial charge in [-0.15, -0.1) is 0 Å². The molecule has 8 heteroatoms. The number of amides is 1. The van der Waals surface area contributed by atoms with Crippen LogP contribution in [0.15, 0.2) is 67.0 Å². The minimum atomic E-state index is 0.274. The molecule has 1 amide bonds. The van der Waals surface area contributed by atoms with Gasteiger partial charge < -0.3 is 14.5 Å². The van der Waals surface area contributed by atoms with Gasteiger partial charge in [-0.3, -0.25) is 19.6 Å². The van der Waals surface area contributed by atoms with Crippen molar-refractivity contribution in [3.8, 4) is 22.8 Å². The summed E-state index contributed by atoms with van der Waals surface area (Å²) in [5, 5.41) is 0. The summed E-state index contributed by atoms with van der Waals surface area (Å²) in [6, 6.07) is 18.4. The molecule has 8 nitrogen and oxygen atoms in total. The summed E-state index contributed by atoms with van der Waals surface area (Å²) < 4.78 is 5.88. The summed E-state index contributed by atoms with van der Waals surface area (Å²) in [6.45, 7) is 7.76. The average molecular weight is 513 g/mol. The van der Waals surface area contributed by atoms with Crippen LogP contribution in [-0.2, 0) is 4.79 Å². The fraction of sp³-hybridized carbons (Fsp3) is 0.433. The first-order valence-corrected chi connectivity index (χ1v) is 13.9. The number of benzene rings is 2. The van der Waals surface area contributed by atoms with E-state index in [1.807, 2.05) is 67.0 Å². The Balaban J connectivity index is 0.964. The Morgan fingerprint density at radius 2 is 1.50 bits per heavy atom. The number of piperazine rings is 2. The third-order valence-electron chi connectivity index (χ3n) is 8.08. The van der Waals surface area contributed by atoms with Crippen LogP contribution in [-0.4, -0.2) is 95.5 Å². The van der Waals surface area contributed by atoms with Gasteiger partial charge in [0.05, 0.1) is 24.6 Å². The molecule has 1 aromatic heterocycles. The highest BCUT2D eigenvalue weighted by Gasteiger charge is 2.30. The van der Waals surface area contributed by atoms with E-state index in [9.17, 15) is 4.79 Å². The Kier molecular flexibility index (Phi) is 7.51. The quantitative estimate of drug-likeness (QED) is 0.478. The molecule has 3 aliphatic rings. The first-order chi connectivity index (χ1) is 18.7. The highest BCUT2D eigenvalue weighted by Crippen LogP contribution is 2.26. The molecule has 0 radical (unpaired) electrons. The van der Waals surface area contributed by atoms with Crippen LogP contribution in [0.5, 0.6) is 11.5 Å². The number of anilines is 1. The Morgan fingerprint density at radius 1 is 0.789 bits per heavy atom. The van der Waals surface area contributed by atoms with Gasteiger partial charge in [0.1, 0.15) is 17.3 Å². The van der Waals surface area contributed by atoms with Crippen LogP contribution in [0.2, 0.25) is 0 Å². The van der Waals surface area contributed by atoms with Crippen LogP contribution in [0.25, 0.3) is 11.3 Å². The summed E-state index contributed by atoms with van der Waals surface area (Å²) in [5.74, 6) is 2.76. The number of carbonyl (C=O) groups excluding carboxylic acids is 1. The molecule has 0 N–H and O–H groups in total. The third kappa shape index (κ3) is 5.81. The summed E-state index contributed by atoms with van der Waals surface area (Å²) in [6.07, 6.45) is 7.73. The first-order valence-electron chi connectivity index (χ1n) is 13.9. The Hall–Kier alpha value is -3.49. The van der Waals surface area contributed by atoms with Crippen molar-refractivity contribution in [1.29, 1.82) is 0 Å². The molecular formula is C30H36N6O2. The van der Waals surface area contributed by atoms with Crippen molar-refractivity contribution in [3.05, 3.63) is 67.0 Å². The minimum absolute atomic E-state index is 0.274. The molecule has 6 rings (SSSR count). The van der Waals surface area contributed by atoms with Crippen molar-refractivity contribution >= 4 is 11.7 Å². The van der Waals surface area contributed by atoms with Crippen molar-refractivity contribution < 1.29 is 9.53 Å². The summed E-state index contributed by atoms with van der Waals surface area (Å²) in [7, 11) is 0. The Morgan fingerprint density at radius 3 is 2.13 bits per heavy atom. The van der Waals surface area contributed by atoms with Gasteiger partial charge in [0.25, 0.3) is 0 Å². The molecule has 0 bridgehead atoms. The molecule has 1 saturated carbocycles. The van der Waals surface area contributed by atoms with Gasteiger partial charge in [-0.25, -0.2) is 4.98 Å². The first kappa shape index (κ1) is 24.8. The van der Waals surface area contributed by atoms with Crippen LogP contribution in [0, 0.1) is 0 Å². The van der Waals surface area contributed by atoms with E-state index in [2.05, 4.69) is 24.6 Å². The predicted molar refractivity (Wildman–Crippen MR) is 148 cm³/mol. The average Bonchev–Trinajstić information content (AvgIpc) is 2.94. The number of carbonyl (C=O) groups is 1. The molecule has 0 spiro atoms. The number of hydrogen-bond acceptors (Lipinski definition) is 7. The van der Waals surface area contributed by atoms with Crippen molar-refractivity contribution in [2.24, 2.45) is 0 Å². The van der Waals surface area contributed by atoms with Crippen LogP contribution in [0.1, 0.15) is 19.3 Å². The van der Waals surface area contributed by atoms with Gasteiger partial charge in [0.15, 0.2) is 0 Å². The molecule has 2 aromatic carbocycles. The lowest BCUT2D eigenvalue weighted by Gasteiger charge is -2.43. The molecule has 3 aromatic rings. The van der Waals surface area contributed by atoms with Crippen molar-refractivity contribution in [1.82, 2.24) is 24.7 Å². The zero-order valence-electron chi connectivity index (χ0n) is 21.9. The van der Waals surface area contributed by atoms with Gasteiger partial charge in [0.2, 0.25) is 5.91 Å². The lowest BCUT2D eigenvalue weighted by atomic mass is 9.91. The molecule has 3 fully saturated rings. The Bertz CT molecular complexity index is 1180. The van der Waals surface area contributed by atoms with Crippen LogP contribution < -0.4 is 9.64 Å². The number of rotatable bonds is 7.